The van der Waals surface area contributed by atoms with Crippen LogP contribution in [0.3, 0.4) is 0 Å². The van der Waals surface area contributed by atoms with Crippen LogP contribution in [0.25, 0.3) is 0 Å². The van der Waals surface area contributed by atoms with Crippen LogP contribution in [-0.2, 0) is 0 Å². The zero-order valence-corrected chi connectivity index (χ0v) is 4.10. The molecular weight excluding hydrogens is 76.1 g/mol. The van der Waals surface area contributed by atoms with E-state index >= 15 is 0 Å². The lowest BCUT2D eigenvalue weighted by atomic mass is 10.3. The molecule has 0 fully saturated rings. The summed E-state index contributed by atoms with van der Waals surface area (Å²) >= 11 is 0. The van der Waals surface area contributed by atoms with E-state index in [-0.39, 0.29) is 0 Å². The Kier molecular flexibility index (Phi) is 2.46. The van der Waals surface area contributed by atoms with Crippen molar-refractivity contribution in [3.63, 3.8) is 0 Å². The standard InChI is InChI=1S/C4H9N2/c1-4(2)3-6-5/h3H,5H2,1-2H3/b6-3+. The first-order chi connectivity index (χ1) is 2.77. The quantitative estimate of drug-likeness (QED) is 0.282. The first-order valence-corrected chi connectivity index (χ1v) is 1.81. The second-order valence-electron chi connectivity index (χ2n) is 1.36. The van der Waals surface area contributed by atoms with Gasteiger partial charge in [0.2, 0.25) is 0 Å². The molecule has 0 rings (SSSR count). The topological polar surface area (TPSA) is 38.4 Å². The van der Waals surface area contributed by atoms with Crippen molar-refractivity contribution in [3.8, 4) is 0 Å². The Morgan fingerprint density at radius 2 is 2.17 bits per heavy atom. The fraction of sp³-hybridized carbons (Fsp3) is 0.500. The van der Waals surface area contributed by atoms with Crippen LogP contribution in [0.5, 0.6) is 0 Å². The SMILES string of the molecule is C[C](C)/C=N/N. The highest BCUT2D eigenvalue weighted by Gasteiger charge is 1.79. The average Bonchev–Trinajstić information content (AvgIpc) is 1.35. The van der Waals surface area contributed by atoms with Crippen LogP contribution in [0, 0.1) is 5.92 Å². The van der Waals surface area contributed by atoms with Crippen LogP contribution in [0.4, 0.5) is 0 Å². The number of hydrazone groups is 1. The summed E-state index contributed by atoms with van der Waals surface area (Å²) in [6.45, 7) is 3.88. The van der Waals surface area contributed by atoms with Gasteiger partial charge in [-0.1, -0.05) is 13.8 Å². The molecule has 0 unspecified atom stereocenters. The fourth-order valence-corrected chi connectivity index (χ4v) is 0.149. The second-order valence-corrected chi connectivity index (χ2v) is 1.36. The van der Waals surface area contributed by atoms with Gasteiger partial charge in [0, 0.05) is 12.1 Å². The molecule has 0 bridgehead atoms. The minimum atomic E-state index is 1.12. The molecule has 0 aliphatic carbocycles. The maximum absolute atomic E-state index is 4.78. The summed E-state index contributed by atoms with van der Waals surface area (Å²) < 4.78 is 0. The molecule has 2 nitrogen and oxygen atoms in total. The normalized spacial score (nSPS) is 11.2. The molecule has 0 saturated heterocycles. The van der Waals surface area contributed by atoms with Gasteiger partial charge in [-0.15, -0.1) is 0 Å². The third-order valence-corrected chi connectivity index (χ3v) is 0.333. The van der Waals surface area contributed by atoms with Gasteiger partial charge in [-0.3, -0.25) is 0 Å². The third-order valence-electron chi connectivity index (χ3n) is 0.333. The first kappa shape index (κ1) is 5.47. The van der Waals surface area contributed by atoms with Gasteiger partial charge in [0.1, 0.15) is 0 Å². The summed E-state index contributed by atoms with van der Waals surface area (Å²) in [7, 11) is 0. The molecule has 0 aliphatic rings. The van der Waals surface area contributed by atoms with Gasteiger partial charge in [0.15, 0.2) is 0 Å². The van der Waals surface area contributed by atoms with E-state index in [1.165, 1.54) is 0 Å². The van der Waals surface area contributed by atoms with Crippen molar-refractivity contribution in [1.29, 1.82) is 0 Å². The Hall–Kier alpha value is -0.530. The minimum absolute atomic E-state index is 1.12. The van der Waals surface area contributed by atoms with Crippen molar-refractivity contribution in [2.24, 2.45) is 10.9 Å². The van der Waals surface area contributed by atoms with E-state index in [0.29, 0.717) is 0 Å². The van der Waals surface area contributed by atoms with Gasteiger partial charge < -0.3 is 5.84 Å². The van der Waals surface area contributed by atoms with E-state index < -0.39 is 0 Å². The maximum Gasteiger partial charge on any atom is 0.0305 e. The molecule has 35 valence electrons. The smallest absolute Gasteiger partial charge is 0.0305 e. The largest absolute Gasteiger partial charge is 0.324 e. The lowest BCUT2D eigenvalue weighted by molar-refractivity contribution is 1.21. The van der Waals surface area contributed by atoms with Crippen LogP contribution in [0.2, 0.25) is 0 Å². The molecule has 0 amide bonds. The number of hydrogen-bond donors (Lipinski definition) is 1. The molecule has 0 aliphatic heterocycles. The van der Waals surface area contributed by atoms with Crippen molar-refractivity contribution in [2.45, 2.75) is 13.8 Å². The molecule has 0 saturated carbocycles. The molecule has 0 atom stereocenters. The van der Waals surface area contributed by atoms with Crippen LogP contribution in [0.1, 0.15) is 13.8 Å². The Labute approximate surface area is 38.0 Å². The fourth-order valence-electron chi connectivity index (χ4n) is 0.149. The second kappa shape index (κ2) is 2.69. The van der Waals surface area contributed by atoms with E-state index in [0.717, 1.165) is 5.92 Å². The van der Waals surface area contributed by atoms with E-state index in [1.807, 2.05) is 13.8 Å². The van der Waals surface area contributed by atoms with Crippen LogP contribution in [-0.4, -0.2) is 6.21 Å². The maximum atomic E-state index is 4.78. The number of hydrogen-bond acceptors (Lipinski definition) is 2. The molecule has 0 aromatic carbocycles. The van der Waals surface area contributed by atoms with Crippen LogP contribution >= 0.6 is 0 Å². The van der Waals surface area contributed by atoms with Gasteiger partial charge in [0.25, 0.3) is 0 Å². The molecule has 2 N–H and O–H groups in total. The Balaban J connectivity index is 3.03. The molecule has 6 heavy (non-hydrogen) atoms. The van der Waals surface area contributed by atoms with Crippen molar-refractivity contribution in [2.75, 3.05) is 0 Å². The zero-order valence-electron chi connectivity index (χ0n) is 4.10. The minimum Gasteiger partial charge on any atom is -0.324 e. The molecule has 0 spiro atoms. The van der Waals surface area contributed by atoms with Crippen LogP contribution in [0.15, 0.2) is 5.10 Å². The molecule has 0 aromatic rings. The van der Waals surface area contributed by atoms with Gasteiger partial charge in [0.05, 0.1) is 0 Å². The van der Waals surface area contributed by atoms with Crippen molar-refractivity contribution in [3.05, 3.63) is 5.92 Å². The van der Waals surface area contributed by atoms with Crippen molar-refractivity contribution < 1.29 is 0 Å². The molecule has 0 heterocycles. The summed E-state index contributed by atoms with van der Waals surface area (Å²) in [5.41, 5.74) is 0. The molecular formula is C4H9N2. The third kappa shape index (κ3) is 3.47. The van der Waals surface area contributed by atoms with E-state index in [9.17, 15) is 0 Å². The highest BCUT2D eigenvalue weighted by molar-refractivity contribution is 5.72. The van der Waals surface area contributed by atoms with Gasteiger partial charge in [-0.05, 0) is 0 Å². The van der Waals surface area contributed by atoms with Crippen LogP contribution < -0.4 is 5.84 Å². The zero-order chi connectivity index (χ0) is 4.99. The highest BCUT2D eigenvalue weighted by atomic mass is 15.1. The predicted octanol–water partition coefficient (Wildman–Crippen LogP) is 0.545. The average molecular weight is 85.1 g/mol. The monoisotopic (exact) mass is 85.1 g/mol. The number of rotatable bonds is 1. The first-order valence-electron chi connectivity index (χ1n) is 1.81. The van der Waals surface area contributed by atoms with E-state index in [4.69, 9.17) is 5.84 Å². The Morgan fingerprint density at radius 3 is 2.17 bits per heavy atom. The van der Waals surface area contributed by atoms with Crippen molar-refractivity contribution >= 4 is 6.21 Å². The van der Waals surface area contributed by atoms with E-state index in [2.05, 4.69) is 5.10 Å². The Bertz CT molecular complexity index is 47.5. The molecule has 1 radical (unpaired) electrons. The Morgan fingerprint density at radius 1 is 1.67 bits per heavy atom. The predicted molar refractivity (Wildman–Crippen MR) is 27.3 cm³/mol. The summed E-state index contributed by atoms with van der Waals surface area (Å²) in [5, 5.41) is 3.27. The lowest BCUT2D eigenvalue weighted by Gasteiger charge is -1.84. The molecule has 2 heteroatoms. The number of nitrogens with zero attached hydrogens (tertiary/aromatic N) is 1. The van der Waals surface area contributed by atoms with Crippen molar-refractivity contribution in [1.82, 2.24) is 0 Å². The van der Waals surface area contributed by atoms with Gasteiger partial charge in [-0.25, -0.2) is 0 Å². The number of nitrogens with two attached hydrogens (primary N) is 1. The van der Waals surface area contributed by atoms with Gasteiger partial charge >= 0.3 is 0 Å². The molecule has 0 aromatic heterocycles. The summed E-state index contributed by atoms with van der Waals surface area (Å²) in [4.78, 5) is 0. The van der Waals surface area contributed by atoms with Gasteiger partial charge in [-0.2, -0.15) is 5.10 Å². The summed E-state index contributed by atoms with van der Waals surface area (Å²) in [6.07, 6.45) is 1.61. The lowest BCUT2D eigenvalue weighted by Crippen LogP contribution is -1.87. The highest BCUT2D eigenvalue weighted by Crippen LogP contribution is 1.84. The summed E-state index contributed by atoms with van der Waals surface area (Å²) in [6, 6.07) is 0. The summed E-state index contributed by atoms with van der Waals surface area (Å²) in [5.74, 6) is 5.90. The van der Waals surface area contributed by atoms with E-state index in [1.54, 1.807) is 6.21 Å².